The van der Waals surface area contributed by atoms with Crippen molar-refractivity contribution in [2.24, 2.45) is 0 Å². The largest absolute Gasteiger partial charge is 0.507 e. The number of halogens is 1. The highest BCUT2D eigenvalue weighted by Crippen LogP contribution is 2.33. The van der Waals surface area contributed by atoms with E-state index in [-0.39, 0.29) is 33.6 Å². The molecule has 0 saturated carbocycles. The van der Waals surface area contributed by atoms with Gasteiger partial charge in [-0.1, -0.05) is 31.2 Å². The summed E-state index contributed by atoms with van der Waals surface area (Å²) in [4.78, 5) is 31.6. The van der Waals surface area contributed by atoms with E-state index in [1.165, 1.54) is 26.4 Å². The molecule has 0 aliphatic rings. The number of aromatic hydroxyl groups is 1. The van der Waals surface area contributed by atoms with Gasteiger partial charge < -0.3 is 14.6 Å². The minimum atomic E-state index is -0.648. The fraction of sp³-hybridized carbons (Fsp3) is 0.200. The predicted octanol–water partition coefficient (Wildman–Crippen LogP) is 3.91. The molecule has 0 saturated heterocycles. The number of carbonyl (C=O) groups excluding carboxylic acids is 2. The standard InChI is InChI=1S/C8H8O3.C6H4ClNO4S.CH4/c1-11-8(10)6-4-2-3-5-7(6)9;1-12-6(9)4-2-3(8(10)11)5(7)13-4;/h2-5,9H,1H3;2H,1H3;1H4. The van der Waals surface area contributed by atoms with Gasteiger partial charge in [0.2, 0.25) is 0 Å². The van der Waals surface area contributed by atoms with Crippen LogP contribution in [0.4, 0.5) is 5.69 Å². The summed E-state index contributed by atoms with van der Waals surface area (Å²) in [7, 11) is 2.47. The van der Waals surface area contributed by atoms with Crippen molar-refractivity contribution in [3.05, 3.63) is 55.2 Å². The number of nitrogens with zero attached hydrogens (tertiary/aromatic N) is 1. The number of esters is 2. The van der Waals surface area contributed by atoms with Crippen molar-refractivity contribution in [3.8, 4) is 5.75 Å². The maximum absolute atomic E-state index is 10.9. The SMILES string of the molecule is C.COC(=O)c1cc([N+](=O)[O-])c(Cl)s1.COC(=O)c1ccccc1O. The molecule has 2 aromatic rings. The fourth-order valence-corrected chi connectivity index (χ4v) is 2.58. The summed E-state index contributed by atoms with van der Waals surface area (Å²) in [5.41, 5.74) is -0.0814. The van der Waals surface area contributed by atoms with E-state index in [0.717, 1.165) is 17.4 Å². The molecule has 10 heteroatoms. The average Bonchev–Trinajstić information content (AvgIpc) is 2.96. The topological polar surface area (TPSA) is 116 Å². The van der Waals surface area contributed by atoms with E-state index in [2.05, 4.69) is 9.47 Å². The lowest BCUT2D eigenvalue weighted by Crippen LogP contribution is -2.00. The van der Waals surface area contributed by atoms with Gasteiger partial charge in [-0.15, -0.1) is 11.3 Å². The van der Waals surface area contributed by atoms with Gasteiger partial charge in [-0.05, 0) is 12.1 Å². The van der Waals surface area contributed by atoms with Crippen LogP contribution in [0.3, 0.4) is 0 Å². The molecular formula is C15H16ClNO7S. The van der Waals surface area contributed by atoms with Crippen molar-refractivity contribution in [2.45, 2.75) is 7.43 Å². The highest BCUT2D eigenvalue weighted by Gasteiger charge is 2.21. The molecule has 25 heavy (non-hydrogen) atoms. The summed E-state index contributed by atoms with van der Waals surface area (Å²) in [6, 6.07) is 7.33. The van der Waals surface area contributed by atoms with Crippen LogP contribution in [-0.2, 0) is 9.47 Å². The van der Waals surface area contributed by atoms with Crippen LogP contribution in [0, 0.1) is 10.1 Å². The lowest BCUT2D eigenvalue weighted by molar-refractivity contribution is -0.384. The first kappa shape index (κ1) is 22.4. The van der Waals surface area contributed by atoms with Crippen molar-refractivity contribution in [3.63, 3.8) is 0 Å². The van der Waals surface area contributed by atoms with Gasteiger partial charge in [0.1, 0.15) is 16.2 Å². The van der Waals surface area contributed by atoms with E-state index in [1.54, 1.807) is 12.1 Å². The van der Waals surface area contributed by atoms with Gasteiger partial charge in [0, 0.05) is 6.07 Å². The second-order valence-corrected chi connectivity index (χ2v) is 5.68. The Balaban J connectivity index is 0.000000449. The first-order valence-electron chi connectivity index (χ1n) is 6.20. The van der Waals surface area contributed by atoms with Crippen molar-refractivity contribution >= 4 is 40.6 Å². The lowest BCUT2D eigenvalue weighted by Gasteiger charge is -1.99. The second kappa shape index (κ2) is 10.3. The number of hydrogen-bond acceptors (Lipinski definition) is 8. The molecule has 1 aromatic carbocycles. The van der Waals surface area contributed by atoms with Gasteiger partial charge in [-0.25, -0.2) is 9.59 Å². The number of hydrogen-bond donors (Lipinski definition) is 1. The molecule has 2 rings (SSSR count). The van der Waals surface area contributed by atoms with Crippen molar-refractivity contribution in [1.82, 2.24) is 0 Å². The predicted molar refractivity (Wildman–Crippen MR) is 93.5 cm³/mol. The van der Waals surface area contributed by atoms with Crippen molar-refractivity contribution < 1.29 is 29.1 Å². The van der Waals surface area contributed by atoms with E-state index >= 15 is 0 Å². The minimum absolute atomic E-state index is 0. The van der Waals surface area contributed by atoms with Crippen LogP contribution < -0.4 is 0 Å². The average molecular weight is 390 g/mol. The molecule has 0 atom stereocenters. The zero-order chi connectivity index (χ0) is 18.3. The molecule has 1 aromatic heterocycles. The van der Waals surface area contributed by atoms with Gasteiger partial charge in [0.15, 0.2) is 4.34 Å². The number of nitro groups is 1. The highest BCUT2D eigenvalue weighted by molar-refractivity contribution is 7.18. The molecule has 0 fully saturated rings. The third-order valence-corrected chi connectivity index (χ3v) is 3.88. The molecule has 136 valence electrons. The number of benzene rings is 1. The number of carbonyl (C=O) groups is 2. The van der Waals surface area contributed by atoms with Crippen LogP contribution >= 0.6 is 22.9 Å². The van der Waals surface area contributed by atoms with Crippen LogP contribution in [-0.4, -0.2) is 36.2 Å². The van der Waals surface area contributed by atoms with Crippen LogP contribution in [0.2, 0.25) is 4.34 Å². The van der Waals surface area contributed by atoms with Crippen molar-refractivity contribution in [1.29, 1.82) is 0 Å². The summed E-state index contributed by atoms with van der Waals surface area (Å²) >= 11 is 6.33. The third kappa shape index (κ3) is 6.05. The Kier molecular flexibility index (Phi) is 9.18. The lowest BCUT2D eigenvalue weighted by atomic mass is 10.2. The van der Waals surface area contributed by atoms with Crippen LogP contribution in [0.1, 0.15) is 27.5 Å². The number of methoxy groups -OCH3 is 2. The Morgan fingerprint density at radius 2 is 1.76 bits per heavy atom. The first-order chi connectivity index (χ1) is 11.3. The second-order valence-electron chi connectivity index (χ2n) is 4.03. The summed E-state index contributed by atoms with van der Waals surface area (Å²) in [6.45, 7) is 0. The molecule has 0 aliphatic carbocycles. The number of phenols is 1. The van der Waals surface area contributed by atoms with E-state index in [4.69, 9.17) is 16.7 Å². The summed E-state index contributed by atoms with van der Waals surface area (Å²) < 4.78 is 8.77. The van der Waals surface area contributed by atoms with Crippen LogP contribution in [0.5, 0.6) is 5.75 Å². The summed E-state index contributed by atoms with van der Waals surface area (Å²) in [5, 5.41) is 19.4. The monoisotopic (exact) mass is 389 g/mol. The normalized spacial score (nSPS) is 9.08. The van der Waals surface area contributed by atoms with Gasteiger partial charge in [0.05, 0.1) is 19.1 Å². The Morgan fingerprint density at radius 1 is 1.20 bits per heavy atom. The van der Waals surface area contributed by atoms with E-state index < -0.39 is 16.9 Å². The Labute approximate surface area is 152 Å². The van der Waals surface area contributed by atoms with Crippen LogP contribution in [0.15, 0.2) is 30.3 Å². The Morgan fingerprint density at radius 3 is 2.20 bits per heavy atom. The first-order valence-corrected chi connectivity index (χ1v) is 7.39. The molecule has 0 spiro atoms. The molecule has 1 heterocycles. The molecule has 0 amide bonds. The van der Waals surface area contributed by atoms with Gasteiger partial charge in [0.25, 0.3) is 5.69 Å². The maximum atomic E-state index is 10.9. The van der Waals surface area contributed by atoms with Crippen molar-refractivity contribution in [2.75, 3.05) is 14.2 Å². The number of ether oxygens (including phenoxy) is 2. The van der Waals surface area contributed by atoms with E-state index in [0.29, 0.717) is 0 Å². The number of phenolic OH excluding ortho intramolecular Hbond substituents is 1. The van der Waals surface area contributed by atoms with Gasteiger partial charge in [-0.3, -0.25) is 10.1 Å². The zero-order valence-electron chi connectivity index (χ0n) is 12.5. The molecule has 8 nitrogen and oxygen atoms in total. The van der Waals surface area contributed by atoms with Gasteiger partial charge >= 0.3 is 11.9 Å². The molecule has 0 bridgehead atoms. The van der Waals surface area contributed by atoms with E-state index in [9.17, 15) is 19.7 Å². The minimum Gasteiger partial charge on any atom is -0.507 e. The smallest absolute Gasteiger partial charge is 0.348 e. The summed E-state index contributed by atoms with van der Waals surface area (Å²) in [5.74, 6) is -1.21. The fourth-order valence-electron chi connectivity index (χ4n) is 1.44. The third-order valence-electron chi connectivity index (χ3n) is 2.56. The number of rotatable bonds is 3. The Bertz CT molecular complexity index is 760. The number of thiophene rings is 1. The summed E-state index contributed by atoms with van der Waals surface area (Å²) in [6.07, 6.45) is 0. The molecule has 0 radical (unpaired) electrons. The molecule has 0 aliphatic heterocycles. The van der Waals surface area contributed by atoms with Crippen LogP contribution in [0.25, 0.3) is 0 Å². The Hall–Kier alpha value is -2.65. The zero-order valence-corrected chi connectivity index (χ0v) is 14.1. The maximum Gasteiger partial charge on any atom is 0.348 e. The molecule has 0 unspecified atom stereocenters. The number of para-hydroxylation sites is 1. The van der Waals surface area contributed by atoms with Gasteiger partial charge in [-0.2, -0.15) is 0 Å². The quantitative estimate of drug-likeness (QED) is 0.480. The molecule has 1 N–H and O–H groups in total. The van der Waals surface area contributed by atoms with E-state index in [1.807, 2.05) is 0 Å². The molecular weight excluding hydrogens is 374 g/mol. The highest BCUT2D eigenvalue weighted by atomic mass is 35.5.